The van der Waals surface area contributed by atoms with Crippen LogP contribution in [0.1, 0.15) is 99.8 Å². The van der Waals surface area contributed by atoms with Crippen molar-refractivity contribution in [2.75, 3.05) is 32.8 Å². The van der Waals surface area contributed by atoms with Crippen molar-refractivity contribution in [2.24, 2.45) is 11.3 Å². The van der Waals surface area contributed by atoms with E-state index in [0.717, 1.165) is 31.8 Å². The monoisotopic (exact) mass is 398 g/mol. The summed E-state index contributed by atoms with van der Waals surface area (Å²) in [4.78, 5) is 15.1. The fourth-order valence-corrected chi connectivity index (χ4v) is 3.23. The van der Waals surface area contributed by atoms with Gasteiger partial charge in [-0.15, -0.1) is 0 Å². The molecule has 0 aromatic heterocycles. The molecule has 0 bridgehead atoms. The number of nitrogens with one attached hydrogen (secondary N) is 1. The lowest BCUT2D eigenvalue weighted by Crippen LogP contribution is -2.39. The van der Waals surface area contributed by atoms with E-state index in [-0.39, 0.29) is 17.4 Å². The van der Waals surface area contributed by atoms with Gasteiger partial charge in [0.15, 0.2) is 0 Å². The van der Waals surface area contributed by atoms with Crippen LogP contribution >= 0.6 is 0 Å². The lowest BCUT2D eigenvalue weighted by molar-refractivity contribution is -0.130. The Labute approximate surface area is 176 Å². The predicted molar refractivity (Wildman–Crippen MR) is 122 cm³/mol. The highest BCUT2D eigenvalue weighted by Crippen LogP contribution is 2.20. The van der Waals surface area contributed by atoms with Crippen molar-refractivity contribution in [1.29, 1.82) is 0 Å². The summed E-state index contributed by atoms with van der Waals surface area (Å²) in [6.07, 6.45) is 9.84. The largest absolute Gasteiger partial charge is 0.379 e. The Bertz CT molecular complexity index is 381. The lowest BCUT2D eigenvalue weighted by Gasteiger charge is -2.25. The summed E-state index contributed by atoms with van der Waals surface area (Å²) in [6, 6.07) is 0. The van der Waals surface area contributed by atoms with Crippen LogP contribution in [0.15, 0.2) is 0 Å². The average molecular weight is 399 g/mol. The first-order valence-corrected chi connectivity index (χ1v) is 11.8. The minimum atomic E-state index is -0.369. The van der Waals surface area contributed by atoms with E-state index in [4.69, 9.17) is 4.74 Å². The predicted octanol–water partition coefficient (Wildman–Crippen LogP) is 5.65. The van der Waals surface area contributed by atoms with Gasteiger partial charge in [0.1, 0.15) is 0 Å². The second-order valence-electron chi connectivity index (χ2n) is 9.60. The molecule has 0 aliphatic rings. The average Bonchev–Trinajstić information content (AvgIpc) is 2.60. The summed E-state index contributed by atoms with van der Waals surface area (Å²) in [6.45, 7) is 19.8. The molecule has 0 saturated carbocycles. The third kappa shape index (κ3) is 15.3. The zero-order valence-electron chi connectivity index (χ0n) is 20.1. The smallest absolute Gasteiger partial charge is 0.225 e. The van der Waals surface area contributed by atoms with Crippen molar-refractivity contribution in [3.05, 3.63) is 0 Å². The van der Waals surface area contributed by atoms with E-state index >= 15 is 0 Å². The zero-order valence-corrected chi connectivity index (χ0v) is 20.1. The fraction of sp³-hybridized carbons (Fsp3) is 0.958. The Kier molecular flexibility index (Phi) is 15.9. The number of rotatable bonds is 18. The van der Waals surface area contributed by atoms with Gasteiger partial charge in [0.2, 0.25) is 5.91 Å². The third-order valence-corrected chi connectivity index (χ3v) is 5.31. The van der Waals surface area contributed by atoms with Gasteiger partial charge >= 0.3 is 0 Å². The second-order valence-corrected chi connectivity index (χ2v) is 9.60. The topological polar surface area (TPSA) is 41.6 Å². The van der Waals surface area contributed by atoms with Crippen LogP contribution < -0.4 is 5.32 Å². The molecule has 0 unspecified atom stereocenters. The van der Waals surface area contributed by atoms with Gasteiger partial charge in [-0.2, -0.15) is 0 Å². The molecule has 0 aliphatic carbocycles. The first-order valence-electron chi connectivity index (χ1n) is 11.8. The van der Waals surface area contributed by atoms with E-state index in [0.29, 0.717) is 6.61 Å². The van der Waals surface area contributed by atoms with Gasteiger partial charge < -0.3 is 15.0 Å². The molecule has 0 rings (SSSR count). The van der Waals surface area contributed by atoms with E-state index < -0.39 is 0 Å². The lowest BCUT2D eigenvalue weighted by atomic mass is 9.88. The molecular formula is C24H50N2O2. The highest BCUT2D eigenvalue weighted by molar-refractivity contribution is 5.81. The number of hydrogen-bond acceptors (Lipinski definition) is 3. The Balaban J connectivity index is 4.17. The second kappa shape index (κ2) is 16.2. The Hall–Kier alpha value is -0.610. The third-order valence-electron chi connectivity index (χ3n) is 5.31. The van der Waals surface area contributed by atoms with Gasteiger partial charge in [0.25, 0.3) is 0 Å². The SMILES string of the molecule is CCCCCCN(CCCNC(=O)C(C)(C)CCOC(C)C)CCCC(C)C. The molecular weight excluding hydrogens is 348 g/mol. The zero-order chi connectivity index (χ0) is 21.4. The van der Waals surface area contributed by atoms with Gasteiger partial charge in [-0.1, -0.05) is 53.9 Å². The van der Waals surface area contributed by atoms with Gasteiger partial charge in [0, 0.05) is 18.6 Å². The maximum Gasteiger partial charge on any atom is 0.225 e. The van der Waals surface area contributed by atoms with Crippen LogP contribution in [-0.4, -0.2) is 49.7 Å². The highest BCUT2D eigenvalue weighted by Gasteiger charge is 2.27. The Morgan fingerprint density at radius 2 is 1.61 bits per heavy atom. The van der Waals surface area contributed by atoms with E-state index in [2.05, 4.69) is 31.0 Å². The molecule has 1 amide bonds. The molecule has 0 fully saturated rings. The van der Waals surface area contributed by atoms with Crippen molar-refractivity contribution < 1.29 is 9.53 Å². The highest BCUT2D eigenvalue weighted by atomic mass is 16.5. The number of hydrogen-bond donors (Lipinski definition) is 1. The standard InChI is InChI=1S/C24H50N2O2/c1-8-9-10-11-17-26(18-12-14-21(2)3)19-13-16-25-23(27)24(6,7)15-20-28-22(4)5/h21-22H,8-20H2,1-7H3,(H,25,27). The minimum Gasteiger partial charge on any atom is -0.379 e. The van der Waals surface area contributed by atoms with E-state index in [1.807, 2.05) is 27.7 Å². The van der Waals surface area contributed by atoms with Crippen molar-refractivity contribution in [3.63, 3.8) is 0 Å². The molecule has 0 aromatic carbocycles. The van der Waals surface area contributed by atoms with Crippen LogP contribution in [0.2, 0.25) is 0 Å². The summed E-state index contributed by atoms with van der Waals surface area (Å²) < 4.78 is 5.61. The molecule has 0 heterocycles. The number of unbranched alkanes of at least 4 members (excludes halogenated alkanes) is 3. The molecule has 0 atom stereocenters. The van der Waals surface area contributed by atoms with E-state index in [9.17, 15) is 4.79 Å². The van der Waals surface area contributed by atoms with Crippen molar-refractivity contribution in [3.8, 4) is 0 Å². The quantitative estimate of drug-likeness (QED) is 0.303. The van der Waals surface area contributed by atoms with Crippen LogP contribution in [-0.2, 0) is 9.53 Å². The van der Waals surface area contributed by atoms with E-state index in [1.54, 1.807) is 0 Å². The number of carbonyl (C=O) groups excluding carboxylic acids is 1. The van der Waals surface area contributed by atoms with Crippen molar-refractivity contribution >= 4 is 5.91 Å². The molecule has 1 N–H and O–H groups in total. The first-order chi connectivity index (χ1) is 13.2. The number of nitrogens with zero attached hydrogens (tertiary/aromatic N) is 1. The maximum absolute atomic E-state index is 12.5. The summed E-state index contributed by atoms with van der Waals surface area (Å²) in [7, 11) is 0. The number of carbonyl (C=O) groups is 1. The summed E-state index contributed by atoms with van der Waals surface area (Å²) in [5.74, 6) is 0.928. The summed E-state index contributed by atoms with van der Waals surface area (Å²) in [5, 5.41) is 3.15. The first kappa shape index (κ1) is 27.4. The molecule has 0 saturated heterocycles. The van der Waals surface area contributed by atoms with Gasteiger partial charge in [-0.25, -0.2) is 0 Å². The minimum absolute atomic E-state index is 0.147. The maximum atomic E-state index is 12.5. The van der Waals surface area contributed by atoms with Crippen LogP contribution in [0.4, 0.5) is 0 Å². The van der Waals surface area contributed by atoms with E-state index in [1.165, 1.54) is 51.6 Å². The molecule has 0 aliphatic heterocycles. The molecule has 0 spiro atoms. The summed E-state index contributed by atoms with van der Waals surface area (Å²) >= 11 is 0. The number of amides is 1. The normalized spacial score (nSPS) is 12.4. The van der Waals surface area contributed by atoms with Crippen LogP contribution in [0, 0.1) is 11.3 Å². The fourth-order valence-electron chi connectivity index (χ4n) is 3.23. The molecule has 0 aromatic rings. The summed E-state index contributed by atoms with van der Waals surface area (Å²) in [5.41, 5.74) is -0.369. The van der Waals surface area contributed by atoms with Gasteiger partial charge in [-0.05, 0) is 71.5 Å². The Morgan fingerprint density at radius 3 is 2.21 bits per heavy atom. The Morgan fingerprint density at radius 1 is 0.964 bits per heavy atom. The molecule has 4 nitrogen and oxygen atoms in total. The molecule has 0 radical (unpaired) electrons. The number of ether oxygens (including phenoxy) is 1. The van der Waals surface area contributed by atoms with Gasteiger partial charge in [-0.3, -0.25) is 4.79 Å². The van der Waals surface area contributed by atoms with Crippen LogP contribution in [0.5, 0.6) is 0 Å². The molecule has 4 heteroatoms. The van der Waals surface area contributed by atoms with Gasteiger partial charge in [0.05, 0.1) is 6.10 Å². The van der Waals surface area contributed by atoms with Crippen LogP contribution in [0.25, 0.3) is 0 Å². The van der Waals surface area contributed by atoms with Crippen LogP contribution in [0.3, 0.4) is 0 Å². The van der Waals surface area contributed by atoms with Crippen molar-refractivity contribution in [2.45, 2.75) is 106 Å². The molecule has 168 valence electrons. The van der Waals surface area contributed by atoms with Crippen molar-refractivity contribution in [1.82, 2.24) is 10.2 Å². The molecule has 28 heavy (non-hydrogen) atoms.